The molecule has 0 fully saturated rings. The van der Waals surface area contributed by atoms with Crippen molar-refractivity contribution in [3.63, 3.8) is 0 Å². The maximum absolute atomic E-state index is 13.3. The van der Waals surface area contributed by atoms with Crippen LogP contribution in [0.4, 0.5) is 5.69 Å². The lowest BCUT2D eigenvalue weighted by Gasteiger charge is -2.39. The highest BCUT2D eigenvalue weighted by atomic mass is 35.5. The molecule has 4 rings (SSSR count). The molecular formula is C23H21Cl2NO2. The summed E-state index contributed by atoms with van der Waals surface area (Å²) >= 11 is 12.9. The average Bonchev–Trinajstić information content (AvgIpc) is 2.64. The number of halogens is 2. The molecule has 0 N–H and O–H groups in total. The summed E-state index contributed by atoms with van der Waals surface area (Å²) in [5.74, 6) is -0.333. The maximum atomic E-state index is 13.3. The Morgan fingerprint density at radius 3 is 2.36 bits per heavy atom. The van der Waals surface area contributed by atoms with Gasteiger partial charge >= 0.3 is 0 Å². The Labute approximate surface area is 174 Å². The van der Waals surface area contributed by atoms with E-state index >= 15 is 0 Å². The van der Waals surface area contributed by atoms with Crippen LogP contribution in [0.2, 0.25) is 10.0 Å². The van der Waals surface area contributed by atoms with E-state index in [0.717, 1.165) is 23.4 Å². The lowest BCUT2D eigenvalue weighted by molar-refractivity contribution is -0.119. The highest BCUT2D eigenvalue weighted by Gasteiger charge is 2.41. The third kappa shape index (κ3) is 3.17. The van der Waals surface area contributed by atoms with E-state index in [1.165, 1.54) is 5.56 Å². The van der Waals surface area contributed by atoms with Crippen LogP contribution in [0.5, 0.6) is 0 Å². The van der Waals surface area contributed by atoms with Gasteiger partial charge in [0.1, 0.15) is 0 Å². The van der Waals surface area contributed by atoms with Crippen LogP contribution >= 0.6 is 23.2 Å². The third-order valence-corrected chi connectivity index (χ3v) is 6.43. The van der Waals surface area contributed by atoms with E-state index in [9.17, 15) is 9.59 Å². The maximum Gasteiger partial charge on any atom is 0.232 e. The number of hydrogen-bond donors (Lipinski definition) is 0. The Hall–Kier alpha value is -2.10. The quantitative estimate of drug-likeness (QED) is 0.592. The number of amides is 1. The van der Waals surface area contributed by atoms with Gasteiger partial charge in [-0.05, 0) is 67.6 Å². The molecule has 0 spiro atoms. The standard InChI is InChI=1S/C23H21Cl2NO2/c1-13-9-10-15(11-14(13)2)26-19-7-4-8-20(27)23(19)16(12-21(26)28)22-17(24)5-3-6-18(22)25/h3,5-6,9-11,16H,4,7-8,12H2,1-2H3. The smallest absolute Gasteiger partial charge is 0.232 e. The minimum atomic E-state index is -0.390. The molecule has 0 saturated carbocycles. The van der Waals surface area contributed by atoms with Crippen LogP contribution in [0.3, 0.4) is 0 Å². The summed E-state index contributed by atoms with van der Waals surface area (Å²) in [7, 11) is 0. The van der Waals surface area contributed by atoms with E-state index in [1.807, 2.05) is 32.0 Å². The highest BCUT2D eigenvalue weighted by Crippen LogP contribution is 2.46. The summed E-state index contributed by atoms with van der Waals surface area (Å²) in [4.78, 5) is 27.9. The van der Waals surface area contributed by atoms with Crippen LogP contribution in [0.15, 0.2) is 47.7 Å². The van der Waals surface area contributed by atoms with Crippen molar-refractivity contribution in [2.75, 3.05) is 4.90 Å². The van der Waals surface area contributed by atoms with Crippen molar-refractivity contribution >= 4 is 40.6 Å². The molecule has 1 aliphatic heterocycles. The SMILES string of the molecule is Cc1ccc(N2C(=O)CC(c3c(Cl)cccc3Cl)C3=C2CCCC3=O)cc1C. The number of carbonyl (C=O) groups excluding carboxylic acids is 2. The molecule has 28 heavy (non-hydrogen) atoms. The van der Waals surface area contributed by atoms with Gasteiger partial charge in [-0.2, -0.15) is 0 Å². The number of benzene rings is 2. The second kappa shape index (κ2) is 7.38. The zero-order valence-corrected chi connectivity index (χ0v) is 17.4. The Morgan fingerprint density at radius 1 is 0.964 bits per heavy atom. The molecule has 0 radical (unpaired) electrons. The number of allylic oxidation sites excluding steroid dienone is 2. The molecule has 0 aromatic heterocycles. The van der Waals surface area contributed by atoms with Gasteiger partial charge in [0.15, 0.2) is 5.78 Å². The van der Waals surface area contributed by atoms with Gasteiger partial charge in [-0.15, -0.1) is 0 Å². The summed E-state index contributed by atoms with van der Waals surface area (Å²) in [5, 5.41) is 0.991. The van der Waals surface area contributed by atoms with Crippen molar-refractivity contribution in [3.05, 3.63) is 74.4 Å². The van der Waals surface area contributed by atoms with E-state index in [2.05, 4.69) is 0 Å². The molecule has 1 amide bonds. The molecule has 1 atom stereocenters. The normalized spacial score (nSPS) is 19.9. The Morgan fingerprint density at radius 2 is 1.68 bits per heavy atom. The number of carbonyl (C=O) groups is 2. The molecule has 0 bridgehead atoms. The van der Waals surface area contributed by atoms with Gasteiger partial charge in [-0.25, -0.2) is 0 Å². The molecule has 2 aromatic carbocycles. The van der Waals surface area contributed by atoms with E-state index in [-0.39, 0.29) is 24.0 Å². The first-order chi connectivity index (χ1) is 13.4. The summed E-state index contributed by atoms with van der Waals surface area (Å²) in [6.07, 6.45) is 2.11. The van der Waals surface area contributed by atoms with Crippen LogP contribution < -0.4 is 4.90 Å². The molecule has 3 nitrogen and oxygen atoms in total. The van der Waals surface area contributed by atoms with E-state index in [4.69, 9.17) is 23.2 Å². The molecule has 2 aromatic rings. The minimum Gasteiger partial charge on any atom is -0.294 e. The summed E-state index contributed by atoms with van der Waals surface area (Å²) in [5.41, 5.74) is 5.28. The van der Waals surface area contributed by atoms with Crippen LogP contribution in [-0.4, -0.2) is 11.7 Å². The number of rotatable bonds is 2. The minimum absolute atomic E-state index is 0.0299. The fourth-order valence-electron chi connectivity index (χ4n) is 4.25. The van der Waals surface area contributed by atoms with Gasteiger partial charge in [0.25, 0.3) is 0 Å². The van der Waals surface area contributed by atoms with Crippen LogP contribution in [0.1, 0.15) is 48.3 Å². The fourth-order valence-corrected chi connectivity index (χ4v) is 4.91. The first-order valence-electron chi connectivity index (χ1n) is 9.49. The first kappa shape index (κ1) is 19.2. The first-order valence-corrected chi connectivity index (χ1v) is 10.2. The lowest BCUT2D eigenvalue weighted by atomic mass is 9.77. The van der Waals surface area contributed by atoms with Gasteiger partial charge in [0, 0.05) is 45.8 Å². The predicted molar refractivity (Wildman–Crippen MR) is 113 cm³/mol. The number of anilines is 1. The predicted octanol–water partition coefficient (Wildman–Crippen LogP) is 6.14. The lowest BCUT2D eigenvalue weighted by Crippen LogP contribution is -2.40. The van der Waals surface area contributed by atoms with Crippen molar-refractivity contribution in [2.45, 2.75) is 45.4 Å². The number of ketones is 1. The zero-order chi connectivity index (χ0) is 20.0. The molecule has 5 heteroatoms. The number of aryl methyl sites for hydroxylation is 2. The molecule has 0 saturated heterocycles. The van der Waals surface area contributed by atoms with E-state index in [1.54, 1.807) is 23.1 Å². The van der Waals surface area contributed by atoms with Gasteiger partial charge < -0.3 is 0 Å². The monoisotopic (exact) mass is 413 g/mol. The Kier molecular flexibility index (Phi) is 5.07. The van der Waals surface area contributed by atoms with E-state index < -0.39 is 0 Å². The van der Waals surface area contributed by atoms with Gasteiger partial charge in [0.05, 0.1) is 0 Å². The second-order valence-electron chi connectivity index (χ2n) is 7.53. The number of nitrogens with zero attached hydrogens (tertiary/aromatic N) is 1. The fraction of sp³-hybridized carbons (Fsp3) is 0.304. The Bertz CT molecular complexity index is 1010. The van der Waals surface area contributed by atoms with Gasteiger partial charge in [0.2, 0.25) is 5.91 Å². The van der Waals surface area contributed by atoms with E-state index in [0.29, 0.717) is 34.0 Å². The number of hydrogen-bond acceptors (Lipinski definition) is 2. The molecule has 1 aliphatic carbocycles. The molecule has 2 aliphatic rings. The Balaban J connectivity index is 1.91. The summed E-state index contributed by atoms with van der Waals surface area (Å²) in [6, 6.07) is 11.3. The third-order valence-electron chi connectivity index (χ3n) is 5.77. The van der Waals surface area contributed by atoms with Crippen molar-refractivity contribution in [3.8, 4) is 0 Å². The highest BCUT2D eigenvalue weighted by molar-refractivity contribution is 6.36. The van der Waals surface area contributed by atoms with Gasteiger partial charge in [-0.1, -0.05) is 35.3 Å². The van der Waals surface area contributed by atoms with Crippen LogP contribution in [0, 0.1) is 13.8 Å². The van der Waals surface area contributed by atoms with Crippen LogP contribution in [0.25, 0.3) is 0 Å². The summed E-state index contributed by atoms with van der Waals surface area (Å²) < 4.78 is 0. The van der Waals surface area contributed by atoms with Crippen LogP contribution in [-0.2, 0) is 9.59 Å². The second-order valence-corrected chi connectivity index (χ2v) is 8.34. The van der Waals surface area contributed by atoms with Crippen molar-refractivity contribution in [1.29, 1.82) is 0 Å². The van der Waals surface area contributed by atoms with Gasteiger partial charge in [-0.3, -0.25) is 14.5 Å². The molecule has 1 unspecified atom stereocenters. The molecule has 1 heterocycles. The largest absolute Gasteiger partial charge is 0.294 e. The molecular weight excluding hydrogens is 393 g/mol. The van der Waals surface area contributed by atoms with Crippen molar-refractivity contribution < 1.29 is 9.59 Å². The molecule has 144 valence electrons. The summed E-state index contributed by atoms with van der Waals surface area (Å²) in [6.45, 7) is 4.07. The number of Topliss-reactive ketones (excluding diaryl/α,β-unsaturated/α-hetero) is 1. The zero-order valence-electron chi connectivity index (χ0n) is 15.9. The topological polar surface area (TPSA) is 37.4 Å². The van der Waals surface area contributed by atoms with Crippen molar-refractivity contribution in [2.24, 2.45) is 0 Å². The average molecular weight is 414 g/mol. The van der Waals surface area contributed by atoms with Crippen molar-refractivity contribution in [1.82, 2.24) is 0 Å².